The molecule has 0 radical (unpaired) electrons. The van der Waals surface area contributed by atoms with Crippen LogP contribution in [0.2, 0.25) is 0 Å². The second-order valence-corrected chi connectivity index (χ2v) is 7.99. The zero-order valence-electron chi connectivity index (χ0n) is 9.70. The van der Waals surface area contributed by atoms with Gasteiger partial charge in [-0.2, -0.15) is 35.3 Å². The molecule has 1 heterocycles. The Balaban J connectivity index is 2.00. The molecule has 0 aromatic carbocycles. The van der Waals surface area contributed by atoms with Gasteiger partial charge in [-0.3, -0.25) is 4.72 Å². The largest absolute Gasteiger partial charge is 0.315 e. The molecule has 2 nitrogen and oxygen atoms in total. The molecule has 2 N–H and O–H groups in total. The molecular formula is C10H22N2S4. The van der Waals surface area contributed by atoms with Crippen LogP contribution < -0.4 is 10.0 Å². The molecule has 0 atom stereocenters. The van der Waals surface area contributed by atoms with Crippen LogP contribution in [0.25, 0.3) is 0 Å². The summed E-state index contributed by atoms with van der Waals surface area (Å²) in [7, 11) is 0. The molecule has 1 aliphatic heterocycles. The molecule has 0 bridgehead atoms. The molecule has 1 fully saturated rings. The first-order valence-corrected chi connectivity index (χ1v) is 10.2. The molecule has 6 heteroatoms. The lowest BCUT2D eigenvalue weighted by Gasteiger charge is -2.07. The molecule has 0 aromatic heterocycles. The maximum absolute atomic E-state index is 3.50. The summed E-state index contributed by atoms with van der Waals surface area (Å²) in [5, 5.41) is 3.50. The summed E-state index contributed by atoms with van der Waals surface area (Å²) in [6.45, 7) is 3.48. The lowest BCUT2D eigenvalue weighted by Crippen LogP contribution is -2.20. The fourth-order valence-electron chi connectivity index (χ4n) is 1.20. The van der Waals surface area contributed by atoms with Gasteiger partial charge in [-0.25, -0.2) is 0 Å². The smallest absolute Gasteiger partial charge is 0.0170 e. The predicted octanol–water partition coefficient (Wildman–Crippen LogP) is 2.03. The fraction of sp³-hybridized carbons (Fsp3) is 1.00. The van der Waals surface area contributed by atoms with Crippen LogP contribution in [0.4, 0.5) is 0 Å². The van der Waals surface area contributed by atoms with E-state index in [0.717, 1.165) is 13.1 Å². The first-order valence-electron chi connectivity index (χ1n) is 5.79. The van der Waals surface area contributed by atoms with E-state index in [4.69, 9.17) is 0 Å². The molecule has 0 unspecified atom stereocenters. The number of rotatable bonds is 0. The van der Waals surface area contributed by atoms with Gasteiger partial charge in [0, 0.05) is 59.9 Å². The molecule has 0 aromatic rings. The van der Waals surface area contributed by atoms with E-state index in [1.807, 2.05) is 11.9 Å². The minimum absolute atomic E-state index is 1.15. The van der Waals surface area contributed by atoms with E-state index in [1.54, 1.807) is 0 Å². The Morgan fingerprint density at radius 1 is 0.562 bits per heavy atom. The van der Waals surface area contributed by atoms with Crippen molar-refractivity contribution in [2.24, 2.45) is 0 Å². The Bertz CT molecular complexity index is 84.8. The quantitative estimate of drug-likeness (QED) is 0.664. The van der Waals surface area contributed by atoms with Crippen molar-refractivity contribution in [3.63, 3.8) is 0 Å². The van der Waals surface area contributed by atoms with Gasteiger partial charge in [0.1, 0.15) is 0 Å². The summed E-state index contributed by atoms with van der Waals surface area (Å²) in [6.07, 6.45) is 0. The predicted molar refractivity (Wildman–Crippen MR) is 85.3 cm³/mol. The van der Waals surface area contributed by atoms with Crippen molar-refractivity contribution < 1.29 is 0 Å². The topological polar surface area (TPSA) is 24.1 Å². The van der Waals surface area contributed by atoms with Gasteiger partial charge in [0.15, 0.2) is 0 Å². The Morgan fingerprint density at radius 3 is 1.81 bits per heavy atom. The molecule has 1 aliphatic rings. The van der Waals surface area contributed by atoms with E-state index in [0.29, 0.717) is 0 Å². The summed E-state index contributed by atoms with van der Waals surface area (Å²) >= 11 is 8.07. The number of nitrogens with one attached hydrogen (secondary N) is 2. The molecule has 16 heavy (non-hydrogen) atoms. The SMILES string of the molecule is C1CSCCSCCNSCCSCCN1. The van der Waals surface area contributed by atoms with Crippen molar-refractivity contribution in [3.8, 4) is 0 Å². The summed E-state index contributed by atoms with van der Waals surface area (Å²) in [5.74, 6) is 8.85. The molecule has 0 saturated carbocycles. The van der Waals surface area contributed by atoms with Crippen LogP contribution in [-0.2, 0) is 0 Å². The summed E-state index contributed by atoms with van der Waals surface area (Å²) in [5.41, 5.74) is 0. The van der Waals surface area contributed by atoms with Crippen LogP contribution >= 0.6 is 47.2 Å². The Kier molecular flexibility index (Phi) is 12.3. The molecule has 1 rings (SSSR count). The number of hydrogen-bond donors (Lipinski definition) is 2. The van der Waals surface area contributed by atoms with Gasteiger partial charge in [0.2, 0.25) is 0 Å². The van der Waals surface area contributed by atoms with Crippen molar-refractivity contribution in [2.75, 3.05) is 59.9 Å². The molecule has 1 saturated heterocycles. The third kappa shape index (κ3) is 10.5. The second-order valence-electron chi connectivity index (χ2n) is 3.33. The van der Waals surface area contributed by atoms with Crippen LogP contribution in [0.3, 0.4) is 0 Å². The van der Waals surface area contributed by atoms with Crippen LogP contribution in [0.15, 0.2) is 0 Å². The van der Waals surface area contributed by atoms with Crippen LogP contribution in [-0.4, -0.2) is 59.9 Å². The van der Waals surface area contributed by atoms with E-state index in [2.05, 4.69) is 45.3 Å². The lowest BCUT2D eigenvalue weighted by atomic mass is 10.7. The normalized spacial score (nSPS) is 24.0. The lowest BCUT2D eigenvalue weighted by molar-refractivity contribution is 0.774. The highest BCUT2D eigenvalue weighted by atomic mass is 32.2. The minimum atomic E-state index is 1.15. The van der Waals surface area contributed by atoms with Gasteiger partial charge in [0.05, 0.1) is 0 Å². The zero-order chi connectivity index (χ0) is 11.3. The van der Waals surface area contributed by atoms with Crippen molar-refractivity contribution in [1.82, 2.24) is 10.0 Å². The van der Waals surface area contributed by atoms with Gasteiger partial charge < -0.3 is 5.32 Å². The van der Waals surface area contributed by atoms with Crippen LogP contribution in [0.5, 0.6) is 0 Å². The molecule has 96 valence electrons. The first-order chi connectivity index (χ1) is 8.00. The average molecular weight is 299 g/mol. The third-order valence-electron chi connectivity index (χ3n) is 2.00. The summed E-state index contributed by atoms with van der Waals surface area (Å²) < 4.78 is 3.43. The highest BCUT2D eigenvalue weighted by molar-refractivity contribution is 8.03. The second kappa shape index (κ2) is 12.8. The van der Waals surface area contributed by atoms with Crippen LogP contribution in [0, 0.1) is 0 Å². The Morgan fingerprint density at radius 2 is 1.12 bits per heavy atom. The first kappa shape index (κ1) is 15.4. The van der Waals surface area contributed by atoms with Gasteiger partial charge in [0.25, 0.3) is 0 Å². The molecule has 0 aliphatic carbocycles. The Labute approximate surface area is 117 Å². The maximum atomic E-state index is 3.50. The summed E-state index contributed by atoms with van der Waals surface area (Å²) in [4.78, 5) is 0. The van der Waals surface area contributed by atoms with Gasteiger partial charge in [-0.15, -0.1) is 0 Å². The summed E-state index contributed by atoms with van der Waals surface area (Å²) in [6, 6.07) is 0. The van der Waals surface area contributed by atoms with Crippen molar-refractivity contribution >= 4 is 47.2 Å². The highest BCUT2D eigenvalue weighted by Gasteiger charge is 1.95. The van der Waals surface area contributed by atoms with E-state index in [-0.39, 0.29) is 0 Å². The fourth-order valence-corrected chi connectivity index (χ4v) is 4.90. The number of thioether (sulfide) groups is 3. The van der Waals surface area contributed by atoms with E-state index in [1.165, 1.54) is 46.8 Å². The van der Waals surface area contributed by atoms with E-state index in [9.17, 15) is 0 Å². The zero-order valence-corrected chi connectivity index (χ0v) is 13.0. The minimum Gasteiger partial charge on any atom is -0.315 e. The van der Waals surface area contributed by atoms with Crippen LogP contribution in [0.1, 0.15) is 0 Å². The monoisotopic (exact) mass is 298 g/mol. The van der Waals surface area contributed by atoms with Crippen molar-refractivity contribution in [1.29, 1.82) is 0 Å². The van der Waals surface area contributed by atoms with Crippen molar-refractivity contribution in [2.45, 2.75) is 0 Å². The Hall–Kier alpha value is 1.32. The highest BCUT2D eigenvalue weighted by Crippen LogP contribution is 2.07. The van der Waals surface area contributed by atoms with Gasteiger partial charge in [-0.1, -0.05) is 11.9 Å². The van der Waals surface area contributed by atoms with E-state index < -0.39 is 0 Å². The van der Waals surface area contributed by atoms with E-state index >= 15 is 0 Å². The average Bonchev–Trinajstić information content (AvgIpc) is 2.29. The number of hydrogen-bond acceptors (Lipinski definition) is 6. The molecular weight excluding hydrogens is 276 g/mol. The maximum Gasteiger partial charge on any atom is 0.0170 e. The van der Waals surface area contributed by atoms with Crippen molar-refractivity contribution in [3.05, 3.63) is 0 Å². The standard InChI is InChI=1S/C10H22N2S4/c1-4-13-7-8-15-6-3-12-16-10-9-14-5-2-11-1/h11-12H,1-10H2. The third-order valence-corrected chi connectivity index (χ3v) is 6.29. The van der Waals surface area contributed by atoms with Gasteiger partial charge >= 0.3 is 0 Å². The molecule has 0 spiro atoms. The van der Waals surface area contributed by atoms with Gasteiger partial charge in [-0.05, 0) is 0 Å². The molecule has 0 amide bonds.